The van der Waals surface area contributed by atoms with E-state index in [1.54, 1.807) is 6.07 Å². The van der Waals surface area contributed by atoms with E-state index < -0.39 is 0 Å². The van der Waals surface area contributed by atoms with Gasteiger partial charge in [0.15, 0.2) is 0 Å². The third kappa shape index (κ3) is 1.79. The Balaban J connectivity index is 2.41. The second kappa shape index (κ2) is 3.91. The van der Waals surface area contributed by atoms with Crippen LogP contribution in [-0.2, 0) is 0 Å². The van der Waals surface area contributed by atoms with Gasteiger partial charge < -0.3 is 5.32 Å². The van der Waals surface area contributed by atoms with Crippen LogP contribution in [-0.4, -0.2) is 12.3 Å². The fourth-order valence-electron chi connectivity index (χ4n) is 1.90. The van der Waals surface area contributed by atoms with Crippen LogP contribution in [0.25, 0.3) is 0 Å². The molecule has 2 unspecified atom stereocenters. The quantitative estimate of drug-likeness (QED) is 0.766. The third-order valence-electron chi connectivity index (χ3n) is 2.59. The van der Waals surface area contributed by atoms with Crippen LogP contribution in [0, 0.1) is 5.82 Å². The fraction of sp³-hybridized carbons (Fsp3) is 0.455. The van der Waals surface area contributed by atoms with Gasteiger partial charge in [-0.3, -0.25) is 0 Å². The Morgan fingerprint density at radius 3 is 3.00 bits per heavy atom. The molecule has 0 spiro atoms. The molecule has 0 radical (unpaired) electrons. The lowest BCUT2D eigenvalue weighted by Gasteiger charge is -2.28. The predicted molar refractivity (Wildman–Crippen MR) is 58.1 cm³/mol. The molecule has 1 aromatic carbocycles. The summed E-state index contributed by atoms with van der Waals surface area (Å²) < 4.78 is 13.1. The van der Waals surface area contributed by atoms with Crippen molar-refractivity contribution in [1.82, 2.24) is 5.32 Å². The van der Waals surface area contributed by atoms with Crippen LogP contribution in [0.4, 0.5) is 4.39 Å². The van der Waals surface area contributed by atoms with Gasteiger partial charge in [-0.2, -0.15) is 0 Å². The van der Waals surface area contributed by atoms with E-state index in [1.165, 1.54) is 11.0 Å². The molecular formula is C11H14FNS. The molecule has 3 heteroatoms. The number of halogens is 1. The van der Waals surface area contributed by atoms with Gasteiger partial charge in [0.2, 0.25) is 0 Å². The monoisotopic (exact) mass is 211 g/mol. The normalized spacial score (nSPS) is 25.9. The first kappa shape index (κ1) is 9.99. The summed E-state index contributed by atoms with van der Waals surface area (Å²) in [6.07, 6.45) is 1.07. The van der Waals surface area contributed by atoms with Crippen molar-refractivity contribution in [2.45, 2.75) is 29.5 Å². The minimum atomic E-state index is -0.140. The molecule has 0 bridgehead atoms. The molecule has 0 aliphatic carbocycles. The smallest absolute Gasteiger partial charge is 0.123 e. The molecule has 1 aliphatic heterocycles. The maximum atomic E-state index is 13.1. The zero-order valence-electron chi connectivity index (χ0n) is 8.38. The first-order valence-corrected chi connectivity index (χ1v) is 5.72. The first-order valence-electron chi connectivity index (χ1n) is 4.84. The molecule has 1 nitrogen and oxygen atoms in total. The van der Waals surface area contributed by atoms with E-state index in [0.29, 0.717) is 11.3 Å². The summed E-state index contributed by atoms with van der Waals surface area (Å²) in [6, 6.07) is 5.37. The Hall–Kier alpha value is -0.540. The summed E-state index contributed by atoms with van der Waals surface area (Å²) in [4.78, 5) is 1.21. The van der Waals surface area contributed by atoms with E-state index in [1.807, 2.05) is 24.9 Å². The van der Waals surface area contributed by atoms with Crippen molar-refractivity contribution in [3.63, 3.8) is 0 Å². The molecule has 1 aliphatic rings. The Bertz CT molecular complexity index is 340. The highest BCUT2D eigenvalue weighted by molar-refractivity contribution is 8.00. The molecule has 2 rings (SSSR count). The van der Waals surface area contributed by atoms with Gasteiger partial charge in [0.05, 0.1) is 0 Å². The van der Waals surface area contributed by atoms with Gasteiger partial charge in [-0.1, -0.05) is 6.92 Å². The Labute approximate surface area is 88.1 Å². The average Bonchev–Trinajstić information content (AvgIpc) is 2.17. The van der Waals surface area contributed by atoms with Gasteiger partial charge in [-0.25, -0.2) is 4.39 Å². The van der Waals surface area contributed by atoms with Crippen LogP contribution >= 0.6 is 11.8 Å². The third-order valence-corrected chi connectivity index (χ3v) is 3.81. The van der Waals surface area contributed by atoms with Gasteiger partial charge in [0, 0.05) is 16.2 Å². The Kier molecular flexibility index (Phi) is 2.79. The maximum absolute atomic E-state index is 13.1. The van der Waals surface area contributed by atoms with Crippen molar-refractivity contribution in [1.29, 1.82) is 0 Å². The van der Waals surface area contributed by atoms with Crippen LogP contribution in [0.15, 0.2) is 23.1 Å². The van der Waals surface area contributed by atoms with Gasteiger partial charge in [-0.05, 0) is 37.2 Å². The zero-order chi connectivity index (χ0) is 10.1. The van der Waals surface area contributed by atoms with E-state index in [4.69, 9.17) is 0 Å². The van der Waals surface area contributed by atoms with Crippen molar-refractivity contribution < 1.29 is 4.39 Å². The van der Waals surface area contributed by atoms with Crippen LogP contribution in [0.2, 0.25) is 0 Å². The van der Waals surface area contributed by atoms with E-state index >= 15 is 0 Å². The number of hydrogen-bond donors (Lipinski definition) is 1. The highest BCUT2D eigenvalue weighted by atomic mass is 32.2. The SMILES string of the molecule is CNC1CC(C)Sc2ccc(F)cc21. The van der Waals surface area contributed by atoms with Gasteiger partial charge in [-0.15, -0.1) is 11.8 Å². The van der Waals surface area contributed by atoms with Crippen LogP contribution in [0.3, 0.4) is 0 Å². The van der Waals surface area contributed by atoms with E-state index in [9.17, 15) is 4.39 Å². The molecule has 76 valence electrons. The Morgan fingerprint density at radius 2 is 2.29 bits per heavy atom. The maximum Gasteiger partial charge on any atom is 0.123 e. The lowest BCUT2D eigenvalue weighted by atomic mass is 10.0. The Morgan fingerprint density at radius 1 is 1.50 bits per heavy atom. The predicted octanol–water partition coefficient (Wildman–Crippen LogP) is 2.97. The summed E-state index contributed by atoms with van der Waals surface area (Å²) in [5, 5.41) is 3.84. The van der Waals surface area contributed by atoms with Crippen LogP contribution in [0.5, 0.6) is 0 Å². The van der Waals surface area contributed by atoms with Crippen molar-refractivity contribution >= 4 is 11.8 Å². The topological polar surface area (TPSA) is 12.0 Å². The molecule has 0 saturated heterocycles. The molecule has 14 heavy (non-hydrogen) atoms. The number of hydrogen-bond acceptors (Lipinski definition) is 2. The first-order chi connectivity index (χ1) is 6.70. The van der Waals surface area contributed by atoms with Crippen molar-refractivity contribution in [2.24, 2.45) is 0 Å². The lowest BCUT2D eigenvalue weighted by molar-refractivity contribution is 0.523. The molecular weight excluding hydrogens is 197 g/mol. The zero-order valence-corrected chi connectivity index (χ0v) is 9.20. The number of thioether (sulfide) groups is 1. The number of benzene rings is 1. The molecule has 1 heterocycles. The second-order valence-electron chi connectivity index (χ2n) is 3.69. The second-order valence-corrected chi connectivity index (χ2v) is 5.17. The summed E-state index contributed by atoms with van der Waals surface area (Å²) >= 11 is 1.83. The van der Waals surface area contributed by atoms with E-state index in [2.05, 4.69) is 12.2 Å². The molecule has 0 aromatic heterocycles. The molecule has 0 saturated carbocycles. The molecule has 1 aromatic rings. The highest BCUT2D eigenvalue weighted by Crippen LogP contribution is 2.40. The minimum absolute atomic E-state index is 0.140. The molecule has 2 atom stereocenters. The summed E-state index contributed by atoms with van der Waals surface area (Å²) in [5.74, 6) is -0.140. The lowest BCUT2D eigenvalue weighted by Crippen LogP contribution is -2.24. The summed E-state index contributed by atoms with van der Waals surface area (Å²) in [5.41, 5.74) is 1.11. The number of fused-ring (bicyclic) bond motifs is 1. The summed E-state index contributed by atoms with van der Waals surface area (Å²) in [7, 11) is 1.93. The van der Waals surface area contributed by atoms with Gasteiger partial charge in [0.25, 0.3) is 0 Å². The highest BCUT2D eigenvalue weighted by Gasteiger charge is 2.24. The average molecular weight is 211 g/mol. The number of nitrogens with one attached hydrogen (secondary N) is 1. The molecule has 0 amide bonds. The summed E-state index contributed by atoms with van der Waals surface area (Å²) in [6.45, 7) is 2.21. The van der Waals surface area contributed by atoms with Crippen molar-refractivity contribution in [3.8, 4) is 0 Å². The van der Waals surface area contributed by atoms with Crippen molar-refractivity contribution in [3.05, 3.63) is 29.6 Å². The minimum Gasteiger partial charge on any atom is -0.313 e. The van der Waals surface area contributed by atoms with Crippen molar-refractivity contribution in [2.75, 3.05) is 7.05 Å². The number of rotatable bonds is 1. The molecule has 1 N–H and O–H groups in total. The molecule has 0 fully saturated rings. The van der Waals surface area contributed by atoms with Crippen LogP contribution < -0.4 is 5.32 Å². The van der Waals surface area contributed by atoms with E-state index in [0.717, 1.165) is 12.0 Å². The van der Waals surface area contributed by atoms with Gasteiger partial charge >= 0.3 is 0 Å². The standard InChI is InChI=1S/C11H14FNS/c1-7-5-10(13-2)9-6-8(12)3-4-11(9)14-7/h3-4,6-7,10,13H,5H2,1-2H3. The van der Waals surface area contributed by atoms with Crippen LogP contribution in [0.1, 0.15) is 24.9 Å². The van der Waals surface area contributed by atoms with E-state index in [-0.39, 0.29) is 5.82 Å². The fourth-order valence-corrected chi connectivity index (χ4v) is 3.10. The van der Waals surface area contributed by atoms with Gasteiger partial charge in [0.1, 0.15) is 5.82 Å². The largest absolute Gasteiger partial charge is 0.313 e.